The van der Waals surface area contributed by atoms with Crippen LogP contribution in [0.15, 0.2) is 36.4 Å². The first kappa shape index (κ1) is 16.9. The normalized spacial score (nSPS) is 11.4. The Hall–Kier alpha value is -1.51. The van der Waals surface area contributed by atoms with E-state index in [1.54, 1.807) is 12.1 Å². The number of hydrogen-bond donors (Lipinski definition) is 1. The van der Waals surface area contributed by atoms with Crippen LogP contribution in [0.25, 0.3) is 0 Å². The molecular formula is C18H19Cl2NO. The fourth-order valence-electron chi connectivity index (χ4n) is 2.07. The number of nitrogens with one attached hydrogen (secondary N) is 1. The van der Waals surface area contributed by atoms with Gasteiger partial charge < -0.3 is 5.32 Å². The summed E-state index contributed by atoms with van der Waals surface area (Å²) in [6.45, 7) is 8.23. The molecule has 0 fully saturated rings. The molecule has 22 heavy (non-hydrogen) atoms. The van der Waals surface area contributed by atoms with Gasteiger partial charge in [0.15, 0.2) is 0 Å². The summed E-state index contributed by atoms with van der Waals surface area (Å²) in [5.74, 6) is -0.191. The topological polar surface area (TPSA) is 29.1 Å². The van der Waals surface area contributed by atoms with E-state index < -0.39 is 0 Å². The Balaban J connectivity index is 2.21. The van der Waals surface area contributed by atoms with Crippen molar-refractivity contribution in [3.63, 3.8) is 0 Å². The maximum atomic E-state index is 12.3. The standard InChI is InChI=1S/C18H19Cl2NO/c1-11-14(19)9-10-15(16(11)20)21-17(22)12-5-7-13(8-6-12)18(2,3)4/h5-10H,1-4H3,(H,21,22). The van der Waals surface area contributed by atoms with Crippen LogP contribution in [0, 0.1) is 6.92 Å². The number of carbonyl (C=O) groups excluding carboxylic acids is 1. The third kappa shape index (κ3) is 3.63. The zero-order valence-electron chi connectivity index (χ0n) is 13.1. The molecule has 0 unspecified atom stereocenters. The zero-order chi connectivity index (χ0) is 16.5. The maximum absolute atomic E-state index is 12.3. The number of rotatable bonds is 2. The van der Waals surface area contributed by atoms with Gasteiger partial charge in [0, 0.05) is 10.6 Å². The second-order valence-electron chi connectivity index (χ2n) is 6.32. The van der Waals surface area contributed by atoms with Gasteiger partial charge in [-0.05, 0) is 47.7 Å². The van der Waals surface area contributed by atoms with Crippen molar-refractivity contribution in [2.45, 2.75) is 33.1 Å². The number of amides is 1. The van der Waals surface area contributed by atoms with Crippen LogP contribution < -0.4 is 5.32 Å². The van der Waals surface area contributed by atoms with E-state index in [-0.39, 0.29) is 11.3 Å². The molecule has 2 rings (SSSR count). The van der Waals surface area contributed by atoms with Gasteiger partial charge in [-0.15, -0.1) is 0 Å². The molecule has 0 atom stereocenters. The highest BCUT2D eigenvalue weighted by atomic mass is 35.5. The average molecular weight is 336 g/mol. The van der Waals surface area contributed by atoms with Crippen molar-refractivity contribution in [3.8, 4) is 0 Å². The van der Waals surface area contributed by atoms with Crippen LogP contribution in [0.4, 0.5) is 5.69 Å². The van der Waals surface area contributed by atoms with Crippen molar-refractivity contribution in [3.05, 3.63) is 63.1 Å². The van der Waals surface area contributed by atoms with Crippen molar-refractivity contribution in [2.75, 3.05) is 5.32 Å². The molecule has 116 valence electrons. The lowest BCUT2D eigenvalue weighted by atomic mass is 9.87. The number of carbonyl (C=O) groups is 1. The van der Waals surface area contributed by atoms with Gasteiger partial charge in [-0.1, -0.05) is 56.1 Å². The molecule has 4 heteroatoms. The Morgan fingerprint density at radius 2 is 1.59 bits per heavy atom. The van der Waals surface area contributed by atoms with Crippen LogP contribution in [-0.4, -0.2) is 5.91 Å². The molecule has 1 amide bonds. The number of hydrogen-bond acceptors (Lipinski definition) is 1. The first-order valence-electron chi connectivity index (χ1n) is 7.06. The quantitative estimate of drug-likeness (QED) is 0.732. The van der Waals surface area contributed by atoms with Gasteiger partial charge in [0.1, 0.15) is 0 Å². The highest BCUT2D eigenvalue weighted by Gasteiger charge is 2.15. The SMILES string of the molecule is Cc1c(Cl)ccc(NC(=O)c2ccc(C(C)(C)C)cc2)c1Cl. The smallest absolute Gasteiger partial charge is 0.255 e. The Morgan fingerprint density at radius 1 is 1.00 bits per heavy atom. The lowest BCUT2D eigenvalue weighted by Crippen LogP contribution is -2.14. The van der Waals surface area contributed by atoms with Crippen molar-refractivity contribution in [1.82, 2.24) is 0 Å². The molecule has 2 aromatic carbocycles. The highest BCUT2D eigenvalue weighted by Crippen LogP contribution is 2.31. The minimum Gasteiger partial charge on any atom is -0.321 e. The molecule has 1 N–H and O–H groups in total. The van der Waals surface area contributed by atoms with E-state index in [1.165, 1.54) is 5.56 Å². The van der Waals surface area contributed by atoms with Crippen LogP contribution >= 0.6 is 23.2 Å². The number of benzene rings is 2. The van der Waals surface area contributed by atoms with E-state index in [2.05, 4.69) is 26.1 Å². The first-order chi connectivity index (χ1) is 10.2. The first-order valence-corrected chi connectivity index (χ1v) is 7.82. The van der Waals surface area contributed by atoms with E-state index in [0.717, 1.165) is 5.56 Å². The third-order valence-electron chi connectivity index (χ3n) is 3.58. The van der Waals surface area contributed by atoms with Crippen molar-refractivity contribution in [1.29, 1.82) is 0 Å². The minimum atomic E-state index is -0.191. The second-order valence-corrected chi connectivity index (χ2v) is 7.10. The largest absolute Gasteiger partial charge is 0.321 e. The summed E-state index contributed by atoms with van der Waals surface area (Å²) < 4.78 is 0. The molecule has 0 saturated carbocycles. The summed E-state index contributed by atoms with van der Waals surface area (Å²) in [4.78, 5) is 12.3. The van der Waals surface area contributed by atoms with Gasteiger partial charge in [0.25, 0.3) is 5.91 Å². The number of halogens is 2. The molecule has 0 bridgehead atoms. The predicted molar refractivity (Wildman–Crippen MR) is 94.3 cm³/mol. The summed E-state index contributed by atoms with van der Waals surface area (Å²) in [7, 11) is 0. The number of anilines is 1. The van der Waals surface area contributed by atoms with Crippen LogP contribution in [-0.2, 0) is 5.41 Å². The molecule has 0 spiro atoms. The fraction of sp³-hybridized carbons (Fsp3) is 0.278. The van der Waals surface area contributed by atoms with E-state index in [0.29, 0.717) is 21.3 Å². The molecule has 0 aromatic heterocycles. The van der Waals surface area contributed by atoms with Crippen LogP contribution in [0.5, 0.6) is 0 Å². The Labute approximate surface area is 141 Å². The average Bonchev–Trinajstić information content (AvgIpc) is 2.47. The van der Waals surface area contributed by atoms with E-state index in [1.807, 2.05) is 31.2 Å². The molecule has 2 aromatic rings. The summed E-state index contributed by atoms with van der Waals surface area (Å²) in [5.41, 5.74) is 3.16. The second kappa shape index (κ2) is 6.31. The Bertz CT molecular complexity index is 700. The summed E-state index contributed by atoms with van der Waals surface area (Å²) in [6.07, 6.45) is 0. The van der Waals surface area contributed by atoms with Gasteiger partial charge in [-0.2, -0.15) is 0 Å². The summed E-state index contributed by atoms with van der Waals surface area (Å²) in [5, 5.41) is 3.87. The highest BCUT2D eigenvalue weighted by molar-refractivity contribution is 6.38. The molecular weight excluding hydrogens is 317 g/mol. The van der Waals surface area contributed by atoms with E-state index in [9.17, 15) is 4.79 Å². The van der Waals surface area contributed by atoms with Crippen molar-refractivity contribution < 1.29 is 4.79 Å². The van der Waals surface area contributed by atoms with Gasteiger partial charge in [-0.25, -0.2) is 0 Å². The van der Waals surface area contributed by atoms with E-state index in [4.69, 9.17) is 23.2 Å². The summed E-state index contributed by atoms with van der Waals surface area (Å²) >= 11 is 12.2. The monoisotopic (exact) mass is 335 g/mol. The molecule has 0 saturated heterocycles. The molecule has 0 radical (unpaired) electrons. The van der Waals surface area contributed by atoms with Gasteiger partial charge in [0.05, 0.1) is 10.7 Å². The Morgan fingerprint density at radius 3 is 2.14 bits per heavy atom. The molecule has 0 heterocycles. The lowest BCUT2D eigenvalue weighted by molar-refractivity contribution is 0.102. The lowest BCUT2D eigenvalue weighted by Gasteiger charge is -2.19. The van der Waals surface area contributed by atoms with Gasteiger partial charge >= 0.3 is 0 Å². The van der Waals surface area contributed by atoms with Gasteiger partial charge in [-0.3, -0.25) is 4.79 Å². The minimum absolute atomic E-state index is 0.0611. The zero-order valence-corrected chi connectivity index (χ0v) is 14.6. The van der Waals surface area contributed by atoms with Gasteiger partial charge in [0.2, 0.25) is 0 Å². The summed E-state index contributed by atoms with van der Waals surface area (Å²) in [6, 6.07) is 11.0. The molecule has 0 aliphatic heterocycles. The fourth-order valence-corrected chi connectivity index (χ4v) is 2.49. The van der Waals surface area contributed by atoms with E-state index >= 15 is 0 Å². The maximum Gasteiger partial charge on any atom is 0.255 e. The van der Waals surface area contributed by atoms with Crippen LogP contribution in [0.2, 0.25) is 10.0 Å². The Kier molecular flexibility index (Phi) is 4.84. The third-order valence-corrected chi connectivity index (χ3v) is 4.48. The van der Waals surface area contributed by atoms with Crippen LogP contribution in [0.1, 0.15) is 42.3 Å². The molecule has 2 nitrogen and oxygen atoms in total. The molecule has 0 aliphatic carbocycles. The van der Waals surface area contributed by atoms with Crippen molar-refractivity contribution >= 4 is 34.8 Å². The molecule has 0 aliphatic rings. The predicted octanol–water partition coefficient (Wildman–Crippen LogP) is 5.85. The van der Waals surface area contributed by atoms with Crippen molar-refractivity contribution in [2.24, 2.45) is 0 Å². The van der Waals surface area contributed by atoms with Crippen LogP contribution in [0.3, 0.4) is 0 Å².